The van der Waals surface area contributed by atoms with Crippen LogP contribution < -0.4 is 20.1 Å². The fourth-order valence-corrected chi connectivity index (χ4v) is 3.27. The molecule has 0 amide bonds. The van der Waals surface area contributed by atoms with Crippen LogP contribution in [0.3, 0.4) is 0 Å². The van der Waals surface area contributed by atoms with Crippen molar-refractivity contribution in [2.75, 3.05) is 47.2 Å². The summed E-state index contributed by atoms with van der Waals surface area (Å²) in [6, 6.07) is 6.47. The van der Waals surface area contributed by atoms with E-state index in [-0.39, 0.29) is 24.0 Å². The van der Waals surface area contributed by atoms with Gasteiger partial charge < -0.3 is 20.1 Å². The quantitative estimate of drug-likeness (QED) is 0.320. The molecule has 2 unspecified atom stereocenters. The van der Waals surface area contributed by atoms with Gasteiger partial charge in [0.05, 0.1) is 14.2 Å². The van der Waals surface area contributed by atoms with Crippen LogP contribution in [0.25, 0.3) is 0 Å². The molecule has 8 heteroatoms. The van der Waals surface area contributed by atoms with Crippen LogP contribution in [0.5, 0.6) is 11.5 Å². The molecule has 6 nitrogen and oxygen atoms in total. The zero-order chi connectivity index (χ0) is 18.9. The average Bonchev–Trinajstić information content (AvgIpc) is 3.10. The first-order valence-corrected chi connectivity index (χ1v) is 10.3. The molecule has 154 valence electrons. The van der Waals surface area contributed by atoms with Crippen LogP contribution in [-0.4, -0.2) is 69.3 Å². The van der Waals surface area contributed by atoms with Gasteiger partial charge in [-0.15, -0.1) is 24.0 Å². The summed E-state index contributed by atoms with van der Waals surface area (Å²) < 4.78 is 10.7. The first-order chi connectivity index (χ1) is 12.6. The van der Waals surface area contributed by atoms with Crippen molar-refractivity contribution in [1.29, 1.82) is 0 Å². The molecule has 2 atom stereocenters. The number of likely N-dealkylation sites (tertiary alicyclic amines) is 1. The van der Waals surface area contributed by atoms with E-state index in [4.69, 9.17) is 9.47 Å². The molecular weight excluding hydrogens is 475 g/mol. The van der Waals surface area contributed by atoms with E-state index in [1.54, 1.807) is 14.2 Å². The smallest absolute Gasteiger partial charge is 0.191 e. The van der Waals surface area contributed by atoms with Crippen molar-refractivity contribution >= 4 is 41.7 Å². The third kappa shape index (κ3) is 7.95. The maximum Gasteiger partial charge on any atom is 0.191 e. The summed E-state index contributed by atoms with van der Waals surface area (Å²) in [6.45, 7) is 6.08. The number of nitrogens with one attached hydrogen (secondary N) is 2. The third-order valence-electron chi connectivity index (χ3n) is 4.61. The number of hydrogen-bond donors (Lipinski definition) is 2. The normalized spacial score (nSPS) is 18.6. The van der Waals surface area contributed by atoms with Crippen LogP contribution in [0.15, 0.2) is 23.2 Å². The minimum atomic E-state index is 0. The van der Waals surface area contributed by atoms with Gasteiger partial charge in [0.2, 0.25) is 0 Å². The van der Waals surface area contributed by atoms with Crippen LogP contribution >= 0.6 is 35.7 Å². The summed E-state index contributed by atoms with van der Waals surface area (Å²) in [4.78, 5) is 6.79. The number of methoxy groups -OCH3 is 2. The zero-order valence-electron chi connectivity index (χ0n) is 16.9. The molecule has 1 fully saturated rings. The Hall–Kier alpha value is -0.870. The highest BCUT2D eigenvalue weighted by Gasteiger charge is 2.23. The second-order valence-corrected chi connectivity index (χ2v) is 7.86. The van der Waals surface area contributed by atoms with E-state index < -0.39 is 0 Å². The molecule has 0 saturated carbocycles. The summed E-state index contributed by atoms with van der Waals surface area (Å²) in [5.41, 5.74) is 1.21. The lowest BCUT2D eigenvalue weighted by Crippen LogP contribution is -2.46. The Labute approximate surface area is 184 Å². The minimum Gasteiger partial charge on any atom is -0.497 e. The van der Waals surface area contributed by atoms with Gasteiger partial charge in [-0.05, 0) is 30.4 Å². The van der Waals surface area contributed by atoms with Crippen LogP contribution in [0.4, 0.5) is 0 Å². The monoisotopic (exact) mass is 508 g/mol. The van der Waals surface area contributed by atoms with Crippen molar-refractivity contribution in [3.8, 4) is 11.5 Å². The van der Waals surface area contributed by atoms with Gasteiger partial charge in [0.15, 0.2) is 5.96 Å². The topological polar surface area (TPSA) is 58.1 Å². The fourth-order valence-electron chi connectivity index (χ4n) is 3.02. The highest BCUT2D eigenvalue weighted by Crippen LogP contribution is 2.24. The van der Waals surface area contributed by atoms with Gasteiger partial charge in [-0.1, -0.05) is 6.92 Å². The Morgan fingerprint density at radius 1 is 1.30 bits per heavy atom. The molecule has 0 aromatic heterocycles. The molecule has 0 spiro atoms. The van der Waals surface area contributed by atoms with Crippen LogP contribution in [-0.2, 0) is 6.54 Å². The molecule has 1 aliphatic rings. The Balaban J connectivity index is 0.00000364. The molecular formula is C19H33IN4O2S. The van der Waals surface area contributed by atoms with Gasteiger partial charge >= 0.3 is 0 Å². The van der Waals surface area contributed by atoms with Crippen molar-refractivity contribution in [2.24, 2.45) is 4.99 Å². The number of guanidine groups is 1. The third-order valence-corrected chi connectivity index (χ3v) is 5.58. The van der Waals surface area contributed by atoms with E-state index in [0.29, 0.717) is 11.3 Å². The van der Waals surface area contributed by atoms with Crippen molar-refractivity contribution in [3.63, 3.8) is 0 Å². The SMILES string of the molecule is CN=C(NCC(C)SC)NC1CCN(Cc2cc(OC)cc(OC)c2)C1.I. The van der Waals surface area contributed by atoms with Crippen molar-refractivity contribution in [3.05, 3.63) is 23.8 Å². The number of rotatable bonds is 8. The number of thioether (sulfide) groups is 1. The Morgan fingerprint density at radius 3 is 2.52 bits per heavy atom. The molecule has 2 rings (SSSR count). The van der Waals surface area contributed by atoms with Gasteiger partial charge in [-0.25, -0.2) is 0 Å². The van der Waals surface area contributed by atoms with Crippen LogP contribution in [0.1, 0.15) is 18.9 Å². The molecule has 1 heterocycles. The highest BCUT2D eigenvalue weighted by atomic mass is 127. The van der Waals surface area contributed by atoms with Crippen LogP contribution in [0, 0.1) is 0 Å². The maximum atomic E-state index is 5.37. The molecule has 0 aliphatic carbocycles. The molecule has 1 aliphatic heterocycles. The average molecular weight is 508 g/mol. The standard InChI is InChI=1S/C19H32N4O2S.HI/c1-14(26-5)11-21-19(20-2)22-16-6-7-23(13-16)12-15-8-17(24-3)10-18(9-15)25-4;/h8-10,14,16H,6-7,11-13H2,1-5H3,(H2,20,21,22);1H. The predicted molar refractivity (Wildman–Crippen MR) is 126 cm³/mol. The molecule has 1 aromatic rings. The summed E-state index contributed by atoms with van der Waals surface area (Å²) in [5.74, 6) is 2.56. The van der Waals surface area contributed by atoms with Gasteiger partial charge in [0, 0.05) is 50.6 Å². The zero-order valence-corrected chi connectivity index (χ0v) is 20.1. The minimum absolute atomic E-state index is 0. The van der Waals surface area contributed by atoms with Crippen molar-refractivity contribution < 1.29 is 9.47 Å². The number of ether oxygens (including phenoxy) is 2. The molecule has 1 saturated heterocycles. The lowest BCUT2D eigenvalue weighted by molar-refractivity contribution is 0.321. The maximum absolute atomic E-state index is 5.37. The summed E-state index contributed by atoms with van der Waals surface area (Å²) >= 11 is 1.85. The van der Waals surface area contributed by atoms with E-state index in [2.05, 4.69) is 45.8 Å². The number of hydrogen-bond acceptors (Lipinski definition) is 5. The van der Waals surface area contributed by atoms with E-state index >= 15 is 0 Å². The molecule has 2 N–H and O–H groups in total. The fraction of sp³-hybridized carbons (Fsp3) is 0.632. The first-order valence-electron chi connectivity index (χ1n) is 9.02. The molecule has 0 bridgehead atoms. The lowest BCUT2D eigenvalue weighted by Gasteiger charge is -2.20. The molecule has 0 radical (unpaired) electrons. The van der Waals surface area contributed by atoms with E-state index in [9.17, 15) is 0 Å². The largest absolute Gasteiger partial charge is 0.497 e. The van der Waals surface area contributed by atoms with Crippen molar-refractivity contribution in [1.82, 2.24) is 15.5 Å². The van der Waals surface area contributed by atoms with E-state index in [1.807, 2.05) is 24.9 Å². The Bertz CT molecular complexity index is 581. The summed E-state index contributed by atoms with van der Waals surface area (Å²) in [5, 5.41) is 7.52. The number of aliphatic imine (C=N–C) groups is 1. The summed E-state index contributed by atoms with van der Waals surface area (Å²) in [6.07, 6.45) is 3.24. The molecule has 1 aromatic carbocycles. The highest BCUT2D eigenvalue weighted by molar-refractivity contribution is 14.0. The molecule has 27 heavy (non-hydrogen) atoms. The Kier molecular flexibility index (Phi) is 11.2. The Morgan fingerprint density at radius 2 is 1.96 bits per heavy atom. The van der Waals surface area contributed by atoms with Gasteiger partial charge in [-0.3, -0.25) is 9.89 Å². The number of nitrogens with zero attached hydrogens (tertiary/aromatic N) is 2. The van der Waals surface area contributed by atoms with E-state index in [1.165, 1.54) is 5.56 Å². The number of benzene rings is 1. The van der Waals surface area contributed by atoms with Crippen LogP contribution in [0.2, 0.25) is 0 Å². The first kappa shape index (κ1) is 24.2. The van der Waals surface area contributed by atoms with Gasteiger partial charge in [0.1, 0.15) is 11.5 Å². The lowest BCUT2D eigenvalue weighted by atomic mass is 10.2. The van der Waals surface area contributed by atoms with Gasteiger partial charge in [0.25, 0.3) is 0 Å². The second-order valence-electron chi connectivity index (χ2n) is 6.59. The second kappa shape index (κ2) is 12.6. The summed E-state index contributed by atoms with van der Waals surface area (Å²) in [7, 11) is 5.20. The predicted octanol–water partition coefficient (Wildman–Crippen LogP) is 2.81. The van der Waals surface area contributed by atoms with Gasteiger partial charge in [-0.2, -0.15) is 11.8 Å². The number of halogens is 1. The van der Waals surface area contributed by atoms with Crippen molar-refractivity contribution in [2.45, 2.75) is 31.2 Å². The van der Waals surface area contributed by atoms with E-state index in [0.717, 1.165) is 50.1 Å².